The van der Waals surface area contributed by atoms with Crippen molar-refractivity contribution in [2.24, 2.45) is 0 Å². The second-order valence-corrected chi connectivity index (χ2v) is 9.13. The van der Waals surface area contributed by atoms with E-state index >= 15 is 0 Å². The van der Waals surface area contributed by atoms with E-state index in [1.807, 2.05) is 37.2 Å². The molecule has 1 unspecified atom stereocenters. The lowest BCUT2D eigenvalue weighted by Crippen LogP contribution is -2.36. The largest absolute Gasteiger partial charge is 0.342 e. The van der Waals surface area contributed by atoms with Crippen LogP contribution >= 0.6 is 11.8 Å². The van der Waals surface area contributed by atoms with Crippen LogP contribution in [0.1, 0.15) is 43.0 Å². The fourth-order valence-electron chi connectivity index (χ4n) is 3.97. The number of benzene rings is 1. The van der Waals surface area contributed by atoms with Crippen LogP contribution in [0.25, 0.3) is 16.7 Å². The van der Waals surface area contributed by atoms with Gasteiger partial charge in [-0.15, -0.1) is 0 Å². The number of aromatic nitrogens is 4. The molecule has 0 bridgehead atoms. The van der Waals surface area contributed by atoms with Gasteiger partial charge in [0.05, 0.1) is 16.3 Å². The number of aromatic amines is 1. The minimum absolute atomic E-state index is 0.166. The topological polar surface area (TPSA) is 90.7 Å². The van der Waals surface area contributed by atoms with Crippen LogP contribution in [0.4, 0.5) is 0 Å². The zero-order valence-electron chi connectivity index (χ0n) is 18.0. The fraction of sp³-hybridized carbons (Fsp3) is 0.455. The Morgan fingerprint density at radius 1 is 1.27 bits per heavy atom. The number of likely N-dealkylation sites (tertiary alicyclic amines) is 1. The van der Waals surface area contributed by atoms with E-state index in [0.717, 1.165) is 48.4 Å². The van der Waals surface area contributed by atoms with Crippen LogP contribution < -0.4 is 5.49 Å². The molecule has 1 aromatic carbocycles. The Morgan fingerprint density at radius 3 is 2.70 bits per heavy atom. The van der Waals surface area contributed by atoms with Gasteiger partial charge in [0.1, 0.15) is 5.49 Å². The van der Waals surface area contributed by atoms with Gasteiger partial charge in [0.2, 0.25) is 5.91 Å². The Labute approximate surface area is 180 Å². The van der Waals surface area contributed by atoms with Gasteiger partial charge in [-0.25, -0.2) is 4.98 Å². The van der Waals surface area contributed by atoms with Gasteiger partial charge < -0.3 is 4.90 Å². The second kappa shape index (κ2) is 8.26. The molecule has 0 saturated carbocycles. The third-order valence-corrected chi connectivity index (χ3v) is 7.00. The summed E-state index contributed by atoms with van der Waals surface area (Å²) in [7, 11) is 0. The number of hydrogen-bond acceptors (Lipinski definition) is 5. The molecular formula is C22H28N6OS. The predicted octanol–water partition coefficient (Wildman–Crippen LogP) is 3.65. The van der Waals surface area contributed by atoms with E-state index in [1.54, 1.807) is 0 Å². The van der Waals surface area contributed by atoms with Gasteiger partial charge >= 0.3 is 0 Å². The average molecular weight is 425 g/mol. The number of H-pyrrole nitrogens is 1. The molecule has 2 N–H and O–H groups in total. The first kappa shape index (κ1) is 20.7. The summed E-state index contributed by atoms with van der Waals surface area (Å²) >= 11 is 1.44. The number of rotatable bonds is 5. The molecule has 1 fully saturated rings. The lowest BCUT2D eigenvalue weighted by Gasteiger charge is -2.23. The number of thioether (sulfide) groups is 1. The molecule has 30 heavy (non-hydrogen) atoms. The number of fused-ring (bicyclic) bond motifs is 1. The summed E-state index contributed by atoms with van der Waals surface area (Å²) in [5, 5.41) is 17.3. The Morgan fingerprint density at radius 2 is 2.00 bits per heavy atom. The van der Waals surface area contributed by atoms with Crippen LogP contribution in [-0.2, 0) is 4.79 Å². The number of hydrogen-bond donors (Lipinski definition) is 2. The van der Waals surface area contributed by atoms with E-state index in [1.165, 1.54) is 11.8 Å². The highest BCUT2D eigenvalue weighted by atomic mass is 32.2. The summed E-state index contributed by atoms with van der Waals surface area (Å²) in [4.78, 5) is 19.9. The molecule has 1 aliphatic heterocycles. The molecule has 0 radical (unpaired) electrons. The molecule has 7 nitrogen and oxygen atoms in total. The predicted molar refractivity (Wildman–Crippen MR) is 119 cm³/mol. The summed E-state index contributed by atoms with van der Waals surface area (Å²) in [5.74, 6) is 0.166. The highest BCUT2D eigenvalue weighted by Crippen LogP contribution is 2.30. The normalized spacial score (nSPS) is 15.1. The first-order valence-corrected chi connectivity index (χ1v) is 11.3. The molecule has 0 spiro atoms. The molecule has 158 valence electrons. The average Bonchev–Trinajstić information content (AvgIpc) is 3.38. The van der Waals surface area contributed by atoms with Crippen molar-refractivity contribution in [1.29, 1.82) is 5.41 Å². The van der Waals surface area contributed by atoms with Crippen LogP contribution in [0.5, 0.6) is 0 Å². The van der Waals surface area contributed by atoms with Crippen LogP contribution in [0.15, 0.2) is 23.4 Å². The van der Waals surface area contributed by atoms with E-state index in [2.05, 4.69) is 28.4 Å². The standard InChI is InChI=1S/C22H28N6OS/c1-5-17(21(29)27-10-6-7-11-27)30-22-24-20-18(15(4)25-26-20)19(23)28(22)16-12-13(2)8-9-14(16)3/h8-9,12,17,23H,5-7,10-11H2,1-4H3,(H,25,26). The van der Waals surface area contributed by atoms with E-state index in [-0.39, 0.29) is 11.2 Å². The van der Waals surface area contributed by atoms with Crippen molar-refractivity contribution in [3.05, 3.63) is 40.5 Å². The van der Waals surface area contributed by atoms with Crippen LogP contribution in [0.3, 0.4) is 0 Å². The quantitative estimate of drug-likeness (QED) is 0.483. The van der Waals surface area contributed by atoms with Crippen LogP contribution in [0.2, 0.25) is 0 Å². The summed E-state index contributed by atoms with van der Waals surface area (Å²) in [6.07, 6.45) is 2.85. The van der Waals surface area contributed by atoms with Gasteiger partial charge in [0.15, 0.2) is 10.8 Å². The maximum atomic E-state index is 13.1. The summed E-state index contributed by atoms with van der Waals surface area (Å²) in [6.45, 7) is 9.69. The van der Waals surface area contributed by atoms with Crippen LogP contribution in [0, 0.1) is 26.2 Å². The van der Waals surface area contributed by atoms with Crippen molar-refractivity contribution in [2.45, 2.75) is 57.4 Å². The van der Waals surface area contributed by atoms with Crippen LogP contribution in [-0.4, -0.2) is 48.9 Å². The van der Waals surface area contributed by atoms with E-state index in [9.17, 15) is 4.79 Å². The Hall–Kier alpha value is -2.61. The van der Waals surface area contributed by atoms with E-state index in [4.69, 9.17) is 10.4 Å². The van der Waals surface area contributed by atoms with Gasteiger partial charge in [-0.2, -0.15) is 5.10 Å². The zero-order valence-corrected chi connectivity index (χ0v) is 18.8. The first-order valence-electron chi connectivity index (χ1n) is 10.5. The molecule has 1 atom stereocenters. The Kier molecular flexibility index (Phi) is 5.69. The highest BCUT2D eigenvalue weighted by Gasteiger charge is 2.28. The van der Waals surface area contributed by atoms with Gasteiger partial charge in [-0.1, -0.05) is 30.8 Å². The molecule has 1 aliphatic rings. The van der Waals surface area contributed by atoms with Crippen molar-refractivity contribution in [3.8, 4) is 5.69 Å². The number of aryl methyl sites for hydroxylation is 3. The lowest BCUT2D eigenvalue weighted by molar-refractivity contribution is -0.129. The first-order chi connectivity index (χ1) is 14.4. The van der Waals surface area contributed by atoms with Crippen molar-refractivity contribution in [2.75, 3.05) is 13.1 Å². The second-order valence-electron chi connectivity index (χ2n) is 7.96. The monoisotopic (exact) mass is 424 g/mol. The molecule has 0 aliphatic carbocycles. The summed E-state index contributed by atoms with van der Waals surface area (Å²) < 4.78 is 1.87. The SMILES string of the molecule is CCC(Sc1nc2n[nH]c(C)c2c(=N)n1-c1cc(C)ccc1C)C(=O)N1CCCC1. The summed E-state index contributed by atoms with van der Waals surface area (Å²) in [5.41, 5.74) is 4.76. The number of amides is 1. The van der Waals surface area contributed by atoms with Crippen molar-refractivity contribution >= 4 is 28.7 Å². The molecule has 2 aromatic heterocycles. The van der Waals surface area contributed by atoms with Crippen molar-refractivity contribution in [1.82, 2.24) is 24.6 Å². The number of carbonyl (C=O) groups is 1. The van der Waals surface area contributed by atoms with Crippen molar-refractivity contribution in [3.63, 3.8) is 0 Å². The van der Waals surface area contributed by atoms with Gasteiger partial charge in [-0.3, -0.25) is 19.9 Å². The third-order valence-electron chi connectivity index (χ3n) is 5.70. The number of nitrogens with zero attached hydrogens (tertiary/aromatic N) is 4. The lowest BCUT2D eigenvalue weighted by atomic mass is 10.1. The molecule has 1 amide bonds. The van der Waals surface area contributed by atoms with Gasteiger partial charge in [0.25, 0.3) is 0 Å². The zero-order chi connectivity index (χ0) is 21.4. The molecular weight excluding hydrogens is 396 g/mol. The van der Waals surface area contributed by atoms with E-state index in [0.29, 0.717) is 28.1 Å². The third kappa shape index (κ3) is 3.64. The number of carbonyl (C=O) groups excluding carboxylic acids is 1. The Balaban J connectivity index is 1.87. The maximum absolute atomic E-state index is 13.1. The molecule has 8 heteroatoms. The number of nitrogens with one attached hydrogen (secondary N) is 2. The Bertz CT molecular complexity index is 1160. The summed E-state index contributed by atoms with van der Waals surface area (Å²) in [6, 6.07) is 6.20. The molecule has 4 rings (SSSR count). The minimum Gasteiger partial charge on any atom is -0.342 e. The van der Waals surface area contributed by atoms with Gasteiger partial charge in [0, 0.05) is 18.8 Å². The highest BCUT2D eigenvalue weighted by molar-refractivity contribution is 8.00. The molecule has 1 saturated heterocycles. The smallest absolute Gasteiger partial charge is 0.236 e. The van der Waals surface area contributed by atoms with Gasteiger partial charge in [-0.05, 0) is 57.2 Å². The van der Waals surface area contributed by atoms with Crippen molar-refractivity contribution < 1.29 is 4.79 Å². The van der Waals surface area contributed by atoms with E-state index < -0.39 is 0 Å². The fourth-order valence-corrected chi connectivity index (χ4v) is 5.07. The maximum Gasteiger partial charge on any atom is 0.236 e. The molecule has 3 heterocycles. The molecule has 3 aromatic rings. The minimum atomic E-state index is -0.233.